The average molecular weight is 256 g/mol. The molecule has 6 heteroatoms. The molecule has 2 rings (SSSR count). The standard InChI is InChI=1S/C12H14F2N2O2/c1-3-17-12(18-4-2)11-15-9-5-7(13)8(14)6-10(9)16-11/h5-6,12H,3-4H2,1-2H3,(H,15,16). The molecule has 1 heterocycles. The topological polar surface area (TPSA) is 47.1 Å². The van der Waals surface area contributed by atoms with Gasteiger partial charge in [0.1, 0.15) is 0 Å². The van der Waals surface area contributed by atoms with Crippen LogP contribution in [-0.2, 0) is 9.47 Å². The predicted octanol–water partition coefficient (Wildman–Crippen LogP) is 2.91. The van der Waals surface area contributed by atoms with Crippen molar-refractivity contribution in [3.05, 3.63) is 29.6 Å². The molecule has 1 N–H and O–H groups in total. The first-order valence-electron chi connectivity index (χ1n) is 5.73. The molecule has 0 radical (unpaired) electrons. The summed E-state index contributed by atoms with van der Waals surface area (Å²) >= 11 is 0. The number of hydrogen-bond donors (Lipinski definition) is 1. The van der Waals surface area contributed by atoms with Crippen LogP contribution in [0, 0.1) is 11.6 Å². The van der Waals surface area contributed by atoms with Gasteiger partial charge in [-0.3, -0.25) is 0 Å². The largest absolute Gasteiger partial charge is 0.346 e. The zero-order chi connectivity index (χ0) is 13.1. The van der Waals surface area contributed by atoms with Gasteiger partial charge in [-0.2, -0.15) is 0 Å². The van der Waals surface area contributed by atoms with Gasteiger partial charge >= 0.3 is 0 Å². The fourth-order valence-corrected chi connectivity index (χ4v) is 1.65. The molecule has 1 aromatic heterocycles. The Labute approximate surface area is 103 Å². The number of ether oxygens (including phenoxy) is 2. The van der Waals surface area contributed by atoms with Crippen molar-refractivity contribution in [1.29, 1.82) is 0 Å². The van der Waals surface area contributed by atoms with Crippen LogP contribution in [0.2, 0.25) is 0 Å². The molecule has 0 atom stereocenters. The Morgan fingerprint density at radius 2 is 1.78 bits per heavy atom. The fraction of sp³-hybridized carbons (Fsp3) is 0.417. The molecule has 0 saturated carbocycles. The summed E-state index contributed by atoms with van der Waals surface area (Å²) in [6.07, 6.45) is -0.654. The third-order valence-corrected chi connectivity index (χ3v) is 2.40. The van der Waals surface area contributed by atoms with Gasteiger partial charge < -0.3 is 14.5 Å². The Morgan fingerprint density at radius 3 is 2.39 bits per heavy atom. The van der Waals surface area contributed by atoms with Gasteiger partial charge in [-0.15, -0.1) is 0 Å². The van der Waals surface area contributed by atoms with Crippen molar-refractivity contribution in [1.82, 2.24) is 9.97 Å². The molecule has 0 saturated heterocycles. The maximum atomic E-state index is 13.1. The lowest BCUT2D eigenvalue weighted by atomic mass is 10.3. The molecule has 1 aromatic carbocycles. The van der Waals surface area contributed by atoms with E-state index in [2.05, 4.69) is 9.97 Å². The number of fused-ring (bicyclic) bond motifs is 1. The lowest BCUT2D eigenvalue weighted by Gasteiger charge is -2.13. The number of rotatable bonds is 5. The molecule has 18 heavy (non-hydrogen) atoms. The summed E-state index contributed by atoms with van der Waals surface area (Å²) in [7, 11) is 0. The Hall–Kier alpha value is -1.53. The van der Waals surface area contributed by atoms with Crippen molar-refractivity contribution in [2.45, 2.75) is 20.1 Å². The molecular formula is C12H14F2N2O2. The number of aromatic amines is 1. The van der Waals surface area contributed by atoms with E-state index < -0.39 is 17.9 Å². The molecule has 2 aromatic rings. The molecule has 98 valence electrons. The van der Waals surface area contributed by atoms with E-state index in [1.54, 1.807) is 0 Å². The lowest BCUT2D eigenvalue weighted by Crippen LogP contribution is -2.10. The van der Waals surface area contributed by atoms with Gasteiger partial charge in [0, 0.05) is 25.3 Å². The highest BCUT2D eigenvalue weighted by Gasteiger charge is 2.17. The second-order valence-corrected chi connectivity index (χ2v) is 3.65. The minimum atomic E-state index is -0.926. The van der Waals surface area contributed by atoms with Crippen molar-refractivity contribution in [3.63, 3.8) is 0 Å². The summed E-state index contributed by atoms with van der Waals surface area (Å²) in [5.74, 6) is -1.44. The van der Waals surface area contributed by atoms with Gasteiger partial charge in [-0.1, -0.05) is 0 Å². The average Bonchev–Trinajstić information content (AvgIpc) is 2.72. The number of aromatic nitrogens is 2. The number of H-pyrrole nitrogens is 1. The first-order valence-corrected chi connectivity index (χ1v) is 5.73. The molecule has 0 amide bonds. The molecule has 0 unspecified atom stereocenters. The van der Waals surface area contributed by atoms with Gasteiger partial charge in [0.25, 0.3) is 0 Å². The Bertz CT molecular complexity index is 497. The van der Waals surface area contributed by atoms with Gasteiger partial charge in [0.05, 0.1) is 11.0 Å². The summed E-state index contributed by atoms with van der Waals surface area (Å²) < 4.78 is 36.8. The summed E-state index contributed by atoms with van der Waals surface area (Å²) in [6, 6.07) is 2.11. The number of hydrogen-bond acceptors (Lipinski definition) is 3. The molecule has 0 fully saturated rings. The van der Waals surface area contributed by atoms with E-state index in [0.717, 1.165) is 12.1 Å². The second kappa shape index (κ2) is 5.41. The first kappa shape index (κ1) is 12.9. The zero-order valence-corrected chi connectivity index (χ0v) is 10.2. The summed E-state index contributed by atoms with van der Waals surface area (Å²) in [4.78, 5) is 7.01. The molecule has 0 bridgehead atoms. The van der Waals surface area contributed by atoms with E-state index >= 15 is 0 Å². The Morgan fingerprint density at radius 1 is 1.17 bits per heavy atom. The summed E-state index contributed by atoms with van der Waals surface area (Å²) in [5, 5.41) is 0. The third kappa shape index (κ3) is 2.49. The predicted molar refractivity (Wildman–Crippen MR) is 62.0 cm³/mol. The summed E-state index contributed by atoms with van der Waals surface area (Å²) in [6.45, 7) is 4.55. The highest BCUT2D eigenvalue weighted by atomic mass is 19.2. The maximum absolute atomic E-state index is 13.1. The highest BCUT2D eigenvalue weighted by molar-refractivity contribution is 5.75. The summed E-state index contributed by atoms with van der Waals surface area (Å²) in [5.41, 5.74) is 0.751. The third-order valence-electron chi connectivity index (χ3n) is 2.40. The van der Waals surface area contributed by atoms with Gasteiger partial charge in [-0.25, -0.2) is 13.8 Å². The van der Waals surface area contributed by atoms with Crippen LogP contribution in [-0.4, -0.2) is 23.2 Å². The number of benzene rings is 1. The minimum absolute atomic E-state index is 0.341. The van der Waals surface area contributed by atoms with Crippen LogP contribution in [0.1, 0.15) is 26.0 Å². The van der Waals surface area contributed by atoms with Crippen molar-refractivity contribution in [2.75, 3.05) is 13.2 Å². The number of nitrogens with zero attached hydrogens (tertiary/aromatic N) is 1. The lowest BCUT2D eigenvalue weighted by molar-refractivity contribution is -0.144. The van der Waals surface area contributed by atoms with Crippen LogP contribution in [0.25, 0.3) is 11.0 Å². The van der Waals surface area contributed by atoms with Gasteiger partial charge in [-0.05, 0) is 13.8 Å². The molecule has 4 nitrogen and oxygen atoms in total. The molecule has 0 aliphatic heterocycles. The monoisotopic (exact) mass is 256 g/mol. The van der Waals surface area contributed by atoms with Crippen molar-refractivity contribution < 1.29 is 18.3 Å². The maximum Gasteiger partial charge on any atom is 0.217 e. The van der Waals surface area contributed by atoms with E-state index in [1.165, 1.54) is 0 Å². The van der Waals surface area contributed by atoms with Crippen LogP contribution in [0.3, 0.4) is 0 Å². The quantitative estimate of drug-likeness (QED) is 0.837. The van der Waals surface area contributed by atoms with Crippen LogP contribution in [0.15, 0.2) is 12.1 Å². The fourth-order valence-electron chi connectivity index (χ4n) is 1.65. The van der Waals surface area contributed by atoms with Crippen molar-refractivity contribution in [3.8, 4) is 0 Å². The van der Waals surface area contributed by atoms with E-state index in [-0.39, 0.29) is 0 Å². The van der Waals surface area contributed by atoms with Gasteiger partial charge in [0.15, 0.2) is 17.5 Å². The smallest absolute Gasteiger partial charge is 0.217 e. The van der Waals surface area contributed by atoms with E-state index in [9.17, 15) is 8.78 Å². The Kier molecular flexibility index (Phi) is 3.88. The van der Waals surface area contributed by atoms with E-state index in [4.69, 9.17) is 9.47 Å². The van der Waals surface area contributed by atoms with Crippen LogP contribution in [0.5, 0.6) is 0 Å². The molecular weight excluding hydrogens is 242 g/mol. The van der Waals surface area contributed by atoms with Crippen molar-refractivity contribution >= 4 is 11.0 Å². The number of halogens is 2. The first-order chi connectivity index (χ1) is 8.65. The van der Waals surface area contributed by atoms with Crippen LogP contribution >= 0.6 is 0 Å². The zero-order valence-electron chi connectivity index (χ0n) is 10.2. The van der Waals surface area contributed by atoms with Crippen molar-refractivity contribution in [2.24, 2.45) is 0 Å². The normalized spacial score (nSPS) is 11.6. The van der Waals surface area contributed by atoms with Crippen LogP contribution in [0.4, 0.5) is 8.78 Å². The second-order valence-electron chi connectivity index (χ2n) is 3.65. The van der Waals surface area contributed by atoms with E-state index in [1.807, 2.05) is 13.8 Å². The highest BCUT2D eigenvalue weighted by Crippen LogP contribution is 2.22. The minimum Gasteiger partial charge on any atom is -0.346 e. The number of imidazole rings is 1. The SMILES string of the molecule is CCOC(OCC)c1nc2cc(F)c(F)cc2[nH]1. The van der Waals surface area contributed by atoms with E-state index in [0.29, 0.717) is 30.1 Å². The van der Waals surface area contributed by atoms with Crippen LogP contribution < -0.4 is 0 Å². The molecule has 0 aliphatic rings. The molecule has 0 aliphatic carbocycles. The van der Waals surface area contributed by atoms with Gasteiger partial charge in [0.2, 0.25) is 6.29 Å². The Balaban J connectivity index is 2.38. The number of nitrogens with one attached hydrogen (secondary N) is 1. The molecule has 0 spiro atoms.